The molecule has 0 aliphatic heterocycles. The van der Waals surface area contributed by atoms with Crippen molar-refractivity contribution < 1.29 is 52.2 Å². The van der Waals surface area contributed by atoms with E-state index in [0.717, 1.165) is 122 Å². The summed E-state index contributed by atoms with van der Waals surface area (Å²) in [6.07, 6.45) is 65.7. The van der Waals surface area contributed by atoms with Crippen molar-refractivity contribution in [1.82, 2.24) is 0 Å². The van der Waals surface area contributed by atoms with Crippen molar-refractivity contribution in [2.45, 2.75) is 200 Å². The van der Waals surface area contributed by atoms with Crippen molar-refractivity contribution in [3.63, 3.8) is 0 Å². The van der Waals surface area contributed by atoms with Crippen molar-refractivity contribution in [2.75, 3.05) is 26.4 Å². The molecule has 11 nitrogen and oxygen atoms in total. The highest BCUT2D eigenvalue weighted by atomic mass is 31.2. The number of allylic oxidation sites excluding steroid dienone is 22. The van der Waals surface area contributed by atoms with Crippen LogP contribution in [0.5, 0.6) is 0 Å². The molecule has 406 valence electrons. The number of rotatable bonds is 48. The van der Waals surface area contributed by atoms with E-state index >= 15 is 0 Å². The van der Waals surface area contributed by atoms with Gasteiger partial charge < -0.3 is 24.2 Å². The van der Waals surface area contributed by atoms with Gasteiger partial charge in [0.15, 0.2) is 6.10 Å². The van der Waals surface area contributed by atoms with E-state index in [4.69, 9.17) is 23.3 Å². The summed E-state index contributed by atoms with van der Waals surface area (Å²) in [5.41, 5.74) is 0. The highest BCUT2D eigenvalue weighted by molar-refractivity contribution is 7.47. The van der Waals surface area contributed by atoms with Gasteiger partial charge in [0.05, 0.1) is 19.8 Å². The van der Waals surface area contributed by atoms with Crippen LogP contribution in [0.15, 0.2) is 134 Å². The molecule has 0 spiro atoms. The molecule has 0 aromatic heterocycles. The van der Waals surface area contributed by atoms with Gasteiger partial charge in [-0.1, -0.05) is 180 Å². The minimum absolute atomic E-state index is 0.0738. The molecule has 72 heavy (non-hydrogen) atoms. The first-order chi connectivity index (χ1) is 35.2. The van der Waals surface area contributed by atoms with E-state index in [2.05, 4.69) is 142 Å². The Morgan fingerprint density at radius 3 is 1.11 bits per heavy atom. The monoisotopic (exact) mass is 1020 g/mol. The van der Waals surface area contributed by atoms with Gasteiger partial charge >= 0.3 is 25.7 Å². The molecule has 12 heteroatoms. The van der Waals surface area contributed by atoms with Crippen LogP contribution >= 0.6 is 7.82 Å². The smallest absolute Gasteiger partial charge is 0.462 e. The number of carbonyl (C=O) groups is 3. The van der Waals surface area contributed by atoms with E-state index in [1.807, 2.05) is 12.2 Å². The molecule has 0 saturated carbocycles. The SMILES string of the molecule is CC/C=C\C/C=C\C/C=C\C/C=C\C/C=C\CCCC(=O)OC(COC(=O)CCCCC/C=C\C/C=C\C/C=C\CC)COP(=O)(O)OCC(CO)OC(=O)CCCCCCC/C=C\C/C=C\C/C=C\CC. The lowest BCUT2D eigenvalue weighted by atomic mass is 10.1. The van der Waals surface area contributed by atoms with Crippen molar-refractivity contribution in [3.05, 3.63) is 134 Å². The van der Waals surface area contributed by atoms with Crippen LogP contribution in [0, 0.1) is 0 Å². The van der Waals surface area contributed by atoms with Crippen molar-refractivity contribution in [3.8, 4) is 0 Å². The minimum Gasteiger partial charge on any atom is -0.462 e. The number of ether oxygens (including phenoxy) is 3. The lowest BCUT2D eigenvalue weighted by molar-refractivity contribution is -0.161. The molecule has 3 atom stereocenters. The fourth-order valence-electron chi connectivity index (χ4n) is 6.54. The Bertz CT molecular complexity index is 1710. The number of hydrogen-bond donors (Lipinski definition) is 2. The summed E-state index contributed by atoms with van der Waals surface area (Å²) in [5.74, 6) is -1.61. The predicted molar refractivity (Wildman–Crippen MR) is 297 cm³/mol. The molecular weight excluding hydrogens is 928 g/mol. The number of aliphatic hydroxyl groups is 1. The fraction of sp³-hybridized carbons (Fsp3) is 0.583. The number of unbranched alkanes of at least 4 members (excludes halogenated alkanes) is 9. The van der Waals surface area contributed by atoms with Gasteiger partial charge in [-0.15, -0.1) is 0 Å². The van der Waals surface area contributed by atoms with E-state index in [-0.39, 0.29) is 25.9 Å². The van der Waals surface area contributed by atoms with E-state index in [9.17, 15) is 28.9 Å². The number of phosphoric acid groups is 1. The zero-order chi connectivity index (χ0) is 52.7. The molecule has 2 N–H and O–H groups in total. The summed E-state index contributed by atoms with van der Waals surface area (Å²) in [4.78, 5) is 48.4. The molecular formula is C60H95O11P. The summed E-state index contributed by atoms with van der Waals surface area (Å²) in [7, 11) is -4.78. The highest BCUT2D eigenvalue weighted by Crippen LogP contribution is 2.43. The Morgan fingerprint density at radius 1 is 0.389 bits per heavy atom. The van der Waals surface area contributed by atoms with Crippen LogP contribution in [-0.2, 0) is 42.2 Å². The Balaban J connectivity index is 4.88. The summed E-state index contributed by atoms with van der Waals surface area (Å²) < 4.78 is 39.3. The van der Waals surface area contributed by atoms with E-state index in [1.165, 1.54) is 0 Å². The second-order valence-corrected chi connectivity index (χ2v) is 18.7. The lowest BCUT2D eigenvalue weighted by Crippen LogP contribution is -2.30. The van der Waals surface area contributed by atoms with Crippen LogP contribution in [0.3, 0.4) is 0 Å². The van der Waals surface area contributed by atoms with Crippen LogP contribution in [-0.4, -0.2) is 66.5 Å². The van der Waals surface area contributed by atoms with Gasteiger partial charge in [-0.05, 0) is 122 Å². The van der Waals surface area contributed by atoms with Gasteiger partial charge in [0.1, 0.15) is 12.7 Å². The first kappa shape index (κ1) is 67.6. The molecule has 0 radical (unpaired) electrons. The average molecular weight is 1020 g/mol. The Kier molecular flexibility index (Phi) is 49.7. The maximum absolute atomic E-state index is 12.9. The standard InChI is InChI=1S/C60H95O11P/c1-4-7-10-13-16-19-22-25-27-28-30-33-36-39-42-45-48-51-60(64)71-57(53-67-58(62)49-46-43-40-37-34-31-24-21-18-15-12-9-6-3)55-69-72(65,66)68-54-56(52-61)70-59(63)50-47-44-41-38-35-32-29-26-23-20-17-14-11-8-5-2/h7-12,16-21,25-27,29-31,33-34,39,42,56-57,61H,4-6,13-15,22-24,28,32,35-38,40-41,43-55H2,1-3H3,(H,65,66)/b10-7-,11-8-,12-9-,19-16-,20-17-,21-18-,27-25-,29-26-,33-30-,34-31-,42-39-. The second kappa shape index (κ2) is 52.9. The number of hydrogen-bond acceptors (Lipinski definition) is 10. The molecule has 0 fully saturated rings. The molecule has 0 amide bonds. The average Bonchev–Trinajstić information content (AvgIpc) is 3.37. The lowest BCUT2D eigenvalue weighted by Gasteiger charge is -2.21. The third kappa shape index (κ3) is 50.6. The largest absolute Gasteiger partial charge is 0.472 e. The molecule has 0 bridgehead atoms. The molecule has 0 rings (SSSR count). The van der Waals surface area contributed by atoms with Gasteiger partial charge in [-0.25, -0.2) is 4.57 Å². The van der Waals surface area contributed by atoms with Gasteiger partial charge in [0.25, 0.3) is 0 Å². The zero-order valence-electron chi connectivity index (χ0n) is 44.6. The highest BCUT2D eigenvalue weighted by Gasteiger charge is 2.28. The third-order valence-electron chi connectivity index (χ3n) is 10.6. The van der Waals surface area contributed by atoms with Crippen LogP contribution in [0.2, 0.25) is 0 Å². The summed E-state index contributed by atoms with van der Waals surface area (Å²) >= 11 is 0. The maximum Gasteiger partial charge on any atom is 0.472 e. The molecule has 3 unspecified atom stereocenters. The van der Waals surface area contributed by atoms with E-state index < -0.39 is 57.8 Å². The van der Waals surface area contributed by atoms with E-state index in [1.54, 1.807) is 0 Å². The van der Waals surface area contributed by atoms with Crippen LogP contribution in [0.4, 0.5) is 0 Å². The van der Waals surface area contributed by atoms with Crippen molar-refractivity contribution >= 4 is 25.7 Å². The summed E-state index contributed by atoms with van der Waals surface area (Å²) in [6, 6.07) is 0. The Labute approximate surface area is 436 Å². The fourth-order valence-corrected chi connectivity index (χ4v) is 7.32. The Morgan fingerprint density at radius 2 is 0.694 bits per heavy atom. The van der Waals surface area contributed by atoms with E-state index in [0.29, 0.717) is 25.7 Å². The maximum atomic E-state index is 12.9. The molecule has 0 heterocycles. The third-order valence-corrected chi connectivity index (χ3v) is 11.5. The molecule has 0 aromatic carbocycles. The number of aliphatic hydroxyl groups excluding tert-OH is 1. The van der Waals surface area contributed by atoms with Crippen molar-refractivity contribution in [2.24, 2.45) is 0 Å². The number of phosphoric ester groups is 1. The Hall–Kier alpha value is -4.38. The predicted octanol–water partition coefficient (Wildman–Crippen LogP) is 15.8. The minimum atomic E-state index is -4.78. The van der Waals surface area contributed by atoms with Gasteiger partial charge in [0.2, 0.25) is 0 Å². The van der Waals surface area contributed by atoms with Gasteiger partial charge in [0, 0.05) is 19.3 Å². The van der Waals surface area contributed by atoms with Crippen LogP contribution in [0.25, 0.3) is 0 Å². The molecule has 0 aliphatic carbocycles. The topological polar surface area (TPSA) is 155 Å². The van der Waals surface area contributed by atoms with Gasteiger partial charge in [-0.3, -0.25) is 23.4 Å². The van der Waals surface area contributed by atoms with Crippen LogP contribution in [0.1, 0.15) is 188 Å². The van der Waals surface area contributed by atoms with Crippen LogP contribution < -0.4 is 0 Å². The molecule has 0 aliphatic rings. The second-order valence-electron chi connectivity index (χ2n) is 17.2. The summed E-state index contributed by atoms with van der Waals surface area (Å²) in [5, 5.41) is 9.80. The molecule has 0 saturated heterocycles. The molecule has 0 aromatic rings. The summed E-state index contributed by atoms with van der Waals surface area (Å²) in [6.45, 7) is 4.15. The quantitative estimate of drug-likeness (QED) is 0.0197. The normalized spacial score (nSPS) is 14.5. The van der Waals surface area contributed by atoms with Gasteiger partial charge in [-0.2, -0.15) is 0 Å². The number of esters is 3. The first-order valence-corrected chi connectivity index (χ1v) is 28.6. The first-order valence-electron chi connectivity index (χ1n) is 27.1. The number of carbonyl (C=O) groups excluding carboxylic acids is 3. The zero-order valence-corrected chi connectivity index (χ0v) is 45.5. The van der Waals surface area contributed by atoms with Crippen molar-refractivity contribution in [1.29, 1.82) is 0 Å².